The molecule has 0 aromatic carbocycles. The van der Waals surface area contributed by atoms with Gasteiger partial charge < -0.3 is 9.90 Å². The Morgan fingerprint density at radius 3 is 1.45 bits per heavy atom. The van der Waals surface area contributed by atoms with Gasteiger partial charge in [-0.3, -0.25) is 16.0 Å². The number of nitrogens with one attached hydrogen (secondary N) is 3. The molecule has 1 fully saturated rings. The largest absolute Gasteiger partial charge is 1.00 e. The Hall–Kier alpha value is 0.986. The van der Waals surface area contributed by atoms with Crippen molar-refractivity contribution in [2.45, 2.75) is 6.92 Å². The number of carboxylic acid groups (broad SMARTS) is 1. The maximum absolute atomic E-state index is 8.89. The summed E-state index contributed by atoms with van der Waals surface area (Å²) in [6.07, 6.45) is 0. The molecule has 0 bridgehead atoms. The Morgan fingerprint density at radius 1 is 1.18 bits per heavy atom. The van der Waals surface area contributed by atoms with Crippen molar-refractivity contribution in [3.8, 4) is 0 Å². The van der Waals surface area contributed by atoms with E-state index in [0.717, 1.165) is 26.9 Å². The van der Waals surface area contributed by atoms with Crippen LogP contribution in [0, 0.1) is 0 Å². The maximum atomic E-state index is 8.89. The Morgan fingerprint density at radius 2 is 1.36 bits per heavy atom. The third-order valence-electron chi connectivity index (χ3n) is 0.750. The Kier molecular flexibility index (Phi) is 14.5. The summed E-state index contributed by atoms with van der Waals surface area (Å²) in [5.41, 5.74) is 0. The molecule has 6 heteroatoms. The van der Waals surface area contributed by atoms with Gasteiger partial charge in [0, 0.05) is 26.0 Å². The molecule has 60 valence electrons. The minimum Gasteiger partial charge on any atom is -0.550 e. The normalized spacial score (nSPS) is 15.4. The molecule has 0 unspecified atom stereocenters. The predicted octanol–water partition coefficient (Wildman–Crippen LogP) is -5.60. The molecule has 0 saturated carbocycles. The average Bonchev–Trinajstić information content (AvgIpc) is 1.90. The number of carbonyl (C=O) groups is 1. The molecule has 0 aromatic heterocycles. The van der Waals surface area contributed by atoms with Crippen molar-refractivity contribution in [3.63, 3.8) is 0 Å². The van der Waals surface area contributed by atoms with E-state index in [0.29, 0.717) is 0 Å². The summed E-state index contributed by atoms with van der Waals surface area (Å²) in [5.74, 6) is -1.08. The van der Waals surface area contributed by atoms with Crippen molar-refractivity contribution in [1.82, 2.24) is 16.0 Å². The Labute approximate surface area is 109 Å². The summed E-state index contributed by atoms with van der Waals surface area (Å²) in [6, 6.07) is 0. The van der Waals surface area contributed by atoms with E-state index in [4.69, 9.17) is 9.90 Å². The SMILES string of the molecule is C1NCNCN1.CC(=O)[O-].[K+]. The summed E-state index contributed by atoms with van der Waals surface area (Å²) in [4.78, 5) is 8.89. The summed E-state index contributed by atoms with van der Waals surface area (Å²) in [7, 11) is 0. The van der Waals surface area contributed by atoms with Gasteiger partial charge in [0.15, 0.2) is 0 Å². The number of aliphatic carboxylic acids is 1. The molecule has 0 aliphatic carbocycles. The molecule has 1 rings (SSSR count). The van der Waals surface area contributed by atoms with Crippen LogP contribution in [0.2, 0.25) is 0 Å². The molecular formula is C5H12KN3O2. The van der Waals surface area contributed by atoms with Crippen molar-refractivity contribution < 1.29 is 61.3 Å². The topological polar surface area (TPSA) is 76.2 Å². The fourth-order valence-corrected chi connectivity index (χ4v) is 0.453. The van der Waals surface area contributed by atoms with E-state index in [1.807, 2.05) is 0 Å². The third kappa shape index (κ3) is 18.2. The van der Waals surface area contributed by atoms with Crippen LogP contribution in [0.4, 0.5) is 0 Å². The molecule has 3 N–H and O–H groups in total. The van der Waals surface area contributed by atoms with Gasteiger partial charge in [0.05, 0.1) is 0 Å². The fourth-order valence-electron chi connectivity index (χ4n) is 0.453. The Balaban J connectivity index is 0. The molecular weight excluding hydrogens is 173 g/mol. The van der Waals surface area contributed by atoms with E-state index in [-0.39, 0.29) is 51.4 Å². The molecule has 0 atom stereocenters. The second-order valence-electron chi connectivity index (χ2n) is 1.77. The van der Waals surface area contributed by atoms with Gasteiger partial charge in [-0.05, 0) is 6.92 Å². The second kappa shape index (κ2) is 11.0. The number of hydrogen-bond acceptors (Lipinski definition) is 5. The molecule has 1 aliphatic rings. The molecule has 11 heavy (non-hydrogen) atoms. The van der Waals surface area contributed by atoms with Crippen molar-refractivity contribution >= 4 is 5.97 Å². The molecule has 1 aliphatic heterocycles. The zero-order chi connectivity index (χ0) is 7.82. The van der Waals surface area contributed by atoms with Gasteiger partial charge in [0.25, 0.3) is 0 Å². The standard InChI is InChI=1S/C3H9N3.C2H4O2.K/c1-4-2-6-3-5-1;1-2(3)4;/h4-6H,1-3H2;1H3,(H,3,4);/q;;+1/p-1. The van der Waals surface area contributed by atoms with Crippen LogP contribution in [0.15, 0.2) is 0 Å². The van der Waals surface area contributed by atoms with Crippen LogP contribution in [-0.4, -0.2) is 26.0 Å². The van der Waals surface area contributed by atoms with Crippen LogP contribution in [0.25, 0.3) is 0 Å². The van der Waals surface area contributed by atoms with E-state index in [2.05, 4.69) is 16.0 Å². The molecule has 0 amide bonds. The summed E-state index contributed by atoms with van der Waals surface area (Å²) in [5, 5.41) is 18.1. The first kappa shape index (κ1) is 14.5. The zero-order valence-electron chi connectivity index (χ0n) is 6.94. The monoisotopic (exact) mass is 185 g/mol. The van der Waals surface area contributed by atoms with E-state index in [1.165, 1.54) is 0 Å². The smallest absolute Gasteiger partial charge is 0.550 e. The maximum Gasteiger partial charge on any atom is 1.00 e. The third-order valence-corrected chi connectivity index (χ3v) is 0.750. The molecule has 0 radical (unpaired) electrons. The van der Waals surface area contributed by atoms with Crippen LogP contribution in [0.3, 0.4) is 0 Å². The van der Waals surface area contributed by atoms with Gasteiger partial charge in [-0.2, -0.15) is 0 Å². The fraction of sp³-hybridized carbons (Fsp3) is 0.800. The second-order valence-corrected chi connectivity index (χ2v) is 1.77. The van der Waals surface area contributed by atoms with Crippen LogP contribution in [-0.2, 0) is 4.79 Å². The summed E-state index contributed by atoms with van der Waals surface area (Å²) in [6.45, 7) is 3.78. The van der Waals surface area contributed by atoms with Gasteiger partial charge >= 0.3 is 51.4 Å². The van der Waals surface area contributed by atoms with E-state index in [9.17, 15) is 0 Å². The molecule has 5 nitrogen and oxygen atoms in total. The molecule has 1 heterocycles. The number of carbonyl (C=O) groups excluding carboxylic acids is 1. The summed E-state index contributed by atoms with van der Waals surface area (Å²) < 4.78 is 0. The molecule has 0 aromatic rings. The Bertz CT molecular complexity index is 82.2. The van der Waals surface area contributed by atoms with Crippen LogP contribution in [0.5, 0.6) is 0 Å². The van der Waals surface area contributed by atoms with Crippen molar-refractivity contribution in [2.24, 2.45) is 0 Å². The molecule has 1 saturated heterocycles. The van der Waals surface area contributed by atoms with Gasteiger partial charge in [-0.1, -0.05) is 0 Å². The predicted molar refractivity (Wildman–Crippen MR) is 34.7 cm³/mol. The first-order valence-corrected chi connectivity index (χ1v) is 3.03. The van der Waals surface area contributed by atoms with E-state index >= 15 is 0 Å². The molecule has 0 spiro atoms. The van der Waals surface area contributed by atoms with Crippen molar-refractivity contribution in [3.05, 3.63) is 0 Å². The van der Waals surface area contributed by atoms with Gasteiger partial charge in [0.2, 0.25) is 0 Å². The van der Waals surface area contributed by atoms with Gasteiger partial charge in [0.1, 0.15) is 0 Å². The number of carboxylic acids is 1. The van der Waals surface area contributed by atoms with E-state index < -0.39 is 5.97 Å². The first-order chi connectivity index (χ1) is 4.73. The van der Waals surface area contributed by atoms with Crippen LogP contribution >= 0.6 is 0 Å². The van der Waals surface area contributed by atoms with Crippen molar-refractivity contribution in [1.29, 1.82) is 0 Å². The number of hydrogen-bond donors (Lipinski definition) is 3. The quantitative estimate of drug-likeness (QED) is 0.328. The van der Waals surface area contributed by atoms with Crippen LogP contribution in [0.1, 0.15) is 6.92 Å². The zero-order valence-corrected chi connectivity index (χ0v) is 10.1. The minimum atomic E-state index is -1.08. The minimum absolute atomic E-state index is 0. The van der Waals surface area contributed by atoms with Crippen LogP contribution < -0.4 is 72.4 Å². The summed E-state index contributed by atoms with van der Waals surface area (Å²) >= 11 is 0. The van der Waals surface area contributed by atoms with Crippen molar-refractivity contribution in [2.75, 3.05) is 20.0 Å². The van der Waals surface area contributed by atoms with Gasteiger partial charge in [-0.25, -0.2) is 0 Å². The average molecular weight is 185 g/mol. The van der Waals surface area contributed by atoms with E-state index in [1.54, 1.807) is 0 Å². The van der Waals surface area contributed by atoms with Gasteiger partial charge in [-0.15, -0.1) is 0 Å². The first-order valence-electron chi connectivity index (χ1n) is 3.03. The number of rotatable bonds is 0.